The number of piperidine rings is 1. The standard InChI is InChI=1S/C37H54N6O3SSi/c1-10-20-37(44,41-47(45)35(2,3)4)33-18-15-17-30(40-33)27-23-31(42-21-12-11-13-22-42)29-25-38-43(32(29)24-27)34-19-14-16-28(39-34)26-46-48(8,9)36(5,6)7/h14-19,23-25,41,44H,10-13,20-22,26H2,1-9H3/t37-,47+/m0/s1. The molecule has 5 rings (SSSR count). The summed E-state index contributed by atoms with van der Waals surface area (Å²) in [5.41, 5.74) is 3.48. The molecule has 3 aromatic heterocycles. The minimum absolute atomic E-state index is 0.112. The number of fused-ring (bicyclic) bond motifs is 1. The average Bonchev–Trinajstić information content (AvgIpc) is 3.47. The molecule has 9 nitrogen and oxygen atoms in total. The predicted octanol–water partition coefficient (Wildman–Crippen LogP) is 7.99. The topological polar surface area (TPSA) is 111 Å². The van der Waals surface area contributed by atoms with Gasteiger partial charge in [0.15, 0.2) is 19.9 Å². The van der Waals surface area contributed by atoms with Gasteiger partial charge in [-0.25, -0.2) is 14.6 Å². The molecule has 4 heterocycles. The fourth-order valence-corrected chi connectivity index (χ4v) is 7.46. The van der Waals surface area contributed by atoms with Gasteiger partial charge >= 0.3 is 0 Å². The number of aliphatic hydroxyl groups is 1. The number of anilines is 1. The van der Waals surface area contributed by atoms with Crippen LogP contribution < -0.4 is 9.62 Å². The summed E-state index contributed by atoms with van der Waals surface area (Å²) in [5, 5.41) is 17.9. The minimum atomic E-state index is -1.94. The number of benzene rings is 1. The summed E-state index contributed by atoms with van der Waals surface area (Å²) in [6.07, 6.45) is 6.53. The van der Waals surface area contributed by atoms with Crippen LogP contribution >= 0.6 is 0 Å². The van der Waals surface area contributed by atoms with Gasteiger partial charge in [0.25, 0.3) is 0 Å². The maximum absolute atomic E-state index is 13.1. The number of aromatic nitrogens is 4. The van der Waals surface area contributed by atoms with Crippen LogP contribution in [0.25, 0.3) is 28.0 Å². The van der Waals surface area contributed by atoms with Crippen molar-refractivity contribution in [1.29, 1.82) is 0 Å². The van der Waals surface area contributed by atoms with Gasteiger partial charge < -0.3 is 19.0 Å². The minimum Gasteiger partial charge on any atom is -0.598 e. The van der Waals surface area contributed by atoms with E-state index in [4.69, 9.17) is 19.5 Å². The Labute approximate surface area is 291 Å². The van der Waals surface area contributed by atoms with Crippen LogP contribution in [0.5, 0.6) is 0 Å². The molecule has 0 spiro atoms. The van der Waals surface area contributed by atoms with Crippen molar-refractivity contribution in [3.8, 4) is 17.1 Å². The summed E-state index contributed by atoms with van der Waals surface area (Å²) in [5.74, 6) is 0.732. The van der Waals surface area contributed by atoms with Crippen molar-refractivity contribution in [2.45, 2.75) is 116 Å². The quantitative estimate of drug-likeness (QED) is 0.0926. The van der Waals surface area contributed by atoms with Crippen molar-refractivity contribution in [2.24, 2.45) is 0 Å². The van der Waals surface area contributed by atoms with Crippen LogP contribution in [0, 0.1) is 0 Å². The zero-order valence-electron chi connectivity index (χ0n) is 30.3. The molecule has 260 valence electrons. The Morgan fingerprint density at radius 2 is 1.69 bits per heavy atom. The van der Waals surface area contributed by atoms with Crippen LogP contribution in [0.2, 0.25) is 18.1 Å². The first kappa shape index (κ1) is 36.5. The highest BCUT2D eigenvalue weighted by molar-refractivity contribution is 7.90. The molecular weight excluding hydrogens is 637 g/mol. The molecule has 0 radical (unpaired) electrons. The molecule has 11 heteroatoms. The maximum Gasteiger partial charge on any atom is 0.200 e. The van der Waals surface area contributed by atoms with Crippen molar-refractivity contribution < 1.29 is 14.1 Å². The van der Waals surface area contributed by atoms with Crippen LogP contribution in [-0.4, -0.2) is 55.6 Å². The first-order chi connectivity index (χ1) is 22.5. The van der Waals surface area contributed by atoms with E-state index in [1.807, 2.05) is 75.0 Å². The Kier molecular flexibility index (Phi) is 10.8. The van der Waals surface area contributed by atoms with Crippen LogP contribution in [0.1, 0.15) is 92.0 Å². The fourth-order valence-electron chi connectivity index (χ4n) is 5.70. The first-order valence-corrected chi connectivity index (χ1v) is 21.4. The van der Waals surface area contributed by atoms with E-state index >= 15 is 0 Å². The molecule has 0 aliphatic carbocycles. The number of pyridine rings is 2. The zero-order valence-corrected chi connectivity index (χ0v) is 32.1. The van der Waals surface area contributed by atoms with E-state index in [1.165, 1.54) is 6.42 Å². The lowest BCUT2D eigenvalue weighted by Crippen LogP contribution is -2.51. The third kappa shape index (κ3) is 7.98. The molecule has 1 saturated heterocycles. The molecule has 0 saturated carbocycles. The van der Waals surface area contributed by atoms with E-state index < -0.39 is 30.2 Å². The van der Waals surface area contributed by atoms with Gasteiger partial charge in [-0.05, 0) is 101 Å². The van der Waals surface area contributed by atoms with E-state index in [1.54, 1.807) is 0 Å². The lowest BCUT2D eigenvalue weighted by atomic mass is 10.0. The molecule has 4 aromatic rings. The van der Waals surface area contributed by atoms with E-state index in [0.29, 0.717) is 25.1 Å². The van der Waals surface area contributed by atoms with Gasteiger partial charge in [-0.1, -0.05) is 46.2 Å². The molecule has 1 aliphatic rings. The summed E-state index contributed by atoms with van der Waals surface area (Å²) in [7, 11) is -1.94. The Bertz CT molecular complexity index is 1710. The summed E-state index contributed by atoms with van der Waals surface area (Å²) in [6.45, 7) is 21.3. The number of hydrogen-bond acceptors (Lipinski definition) is 8. The van der Waals surface area contributed by atoms with Crippen molar-refractivity contribution >= 4 is 36.3 Å². The Morgan fingerprint density at radius 3 is 2.35 bits per heavy atom. The molecular formula is C37H54N6O3SSi. The molecule has 0 bridgehead atoms. The Hall–Kier alpha value is -2.80. The van der Waals surface area contributed by atoms with Crippen molar-refractivity contribution in [1.82, 2.24) is 24.5 Å². The van der Waals surface area contributed by atoms with Gasteiger partial charge in [0.1, 0.15) is 4.75 Å². The van der Waals surface area contributed by atoms with Crippen LogP contribution in [0.15, 0.2) is 54.7 Å². The molecule has 2 atom stereocenters. The number of hydrogen-bond donors (Lipinski definition) is 2. The van der Waals surface area contributed by atoms with Crippen molar-refractivity contribution in [3.05, 3.63) is 66.1 Å². The van der Waals surface area contributed by atoms with Gasteiger partial charge in [0.2, 0.25) is 0 Å². The van der Waals surface area contributed by atoms with Crippen LogP contribution in [0.3, 0.4) is 0 Å². The van der Waals surface area contributed by atoms with Gasteiger partial charge in [-0.15, -0.1) is 4.72 Å². The molecule has 0 unspecified atom stereocenters. The van der Waals surface area contributed by atoms with Crippen LogP contribution in [0.4, 0.5) is 5.69 Å². The van der Waals surface area contributed by atoms with Gasteiger partial charge in [0, 0.05) is 41.1 Å². The number of nitrogens with one attached hydrogen (secondary N) is 1. The predicted molar refractivity (Wildman–Crippen MR) is 200 cm³/mol. The smallest absolute Gasteiger partial charge is 0.200 e. The van der Waals surface area contributed by atoms with E-state index in [9.17, 15) is 9.66 Å². The monoisotopic (exact) mass is 690 g/mol. The molecule has 1 aromatic carbocycles. The maximum atomic E-state index is 13.1. The first-order valence-electron chi connectivity index (χ1n) is 17.3. The second kappa shape index (κ2) is 14.2. The van der Waals surface area contributed by atoms with Gasteiger partial charge in [0.05, 0.1) is 35.4 Å². The normalized spacial score (nSPS) is 16.7. The molecule has 2 N–H and O–H groups in total. The summed E-state index contributed by atoms with van der Waals surface area (Å²) in [4.78, 5) is 12.5. The third-order valence-electron chi connectivity index (χ3n) is 9.66. The lowest BCUT2D eigenvalue weighted by molar-refractivity contribution is 0.0101. The highest BCUT2D eigenvalue weighted by atomic mass is 32.2. The Morgan fingerprint density at radius 1 is 0.979 bits per heavy atom. The third-order valence-corrected chi connectivity index (χ3v) is 15.8. The molecule has 0 amide bonds. The van der Waals surface area contributed by atoms with Crippen molar-refractivity contribution in [2.75, 3.05) is 18.0 Å². The number of nitrogens with zero attached hydrogens (tertiary/aromatic N) is 5. The van der Waals surface area contributed by atoms with Crippen molar-refractivity contribution in [3.63, 3.8) is 0 Å². The second-order valence-electron chi connectivity index (χ2n) is 15.6. The lowest BCUT2D eigenvalue weighted by Gasteiger charge is -2.36. The summed E-state index contributed by atoms with van der Waals surface area (Å²) >= 11 is -1.49. The van der Waals surface area contributed by atoms with E-state index in [0.717, 1.165) is 65.3 Å². The van der Waals surface area contributed by atoms with Gasteiger partial charge in [-0.2, -0.15) is 5.10 Å². The molecule has 1 aliphatic heterocycles. The Balaban J connectivity index is 1.58. The highest BCUT2D eigenvalue weighted by Crippen LogP contribution is 2.38. The average molecular weight is 691 g/mol. The molecule has 48 heavy (non-hydrogen) atoms. The fraction of sp³-hybridized carbons (Fsp3) is 0.541. The van der Waals surface area contributed by atoms with Crippen LogP contribution in [-0.2, 0) is 28.1 Å². The zero-order chi connectivity index (χ0) is 34.9. The largest absolute Gasteiger partial charge is 0.598 e. The number of rotatable bonds is 11. The summed E-state index contributed by atoms with van der Waals surface area (Å²) < 4.78 is 24.0. The van der Waals surface area contributed by atoms with E-state index in [-0.39, 0.29) is 5.04 Å². The second-order valence-corrected chi connectivity index (χ2v) is 22.3. The highest BCUT2D eigenvalue weighted by Gasteiger charge is 2.40. The van der Waals surface area contributed by atoms with E-state index in [2.05, 4.69) is 55.6 Å². The SMILES string of the molecule is CCC[C@@](O)(N[S@+]([O-])C(C)(C)C)c1cccc(-c2cc(N3CCCCC3)c3cnn(-c4cccc(CO[Si](C)(C)C(C)(C)C)n4)c3c2)n1. The van der Waals surface area contributed by atoms with Gasteiger partial charge in [-0.3, -0.25) is 0 Å². The summed E-state index contributed by atoms with van der Waals surface area (Å²) in [6, 6.07) is 16.0. The molecule has 1 fully saturated rings.